The molecule has 0 bridgehead atoms. The van der Waals surface area contributed by atoms with E-state index in [1.807, 2.05) is 11.7 Å². The normalized spacial score (nSPS) is 12.9. The molecule has 1 aromatic rings. The molecule has 0 spiro atoms. The average molecular weight is 281 g/mol. The molecule has 0 saturated carbocycles. The van der Waals surface area contributed by atoms with E-state index in [9.17, 15) is 0 Å². The molecule has 0 radical (unpaired) electrons. The Kier molecular flexibility index (Phi) is 6.85. The molecule has 1 rings (SSSR count). The van der Waals surface area contributed by atoms with Crippen molar-refractivity contribution in [3.05, 3.63) is 5.69 Å². The van der Waals surface area contributed by atoms with E-state index >= 15 is 0 Å². The Morgan fingerprint density at radius 1 is 1.30 bits per heavy atom. The third-order valence-corrected chi connectivity index (χ3v) is 3.88. The Morgan fingerprint density at radius 2 is 1.95 bits per heavy atom. The van der Waals surface area contributed by atoms with Crippen molar-refractivity contribution in [2.45, 2.75) is 53.0 Å². The standard InChI is InChI=1S/C15H31N5/c1-6-13-14(16)15(19(5)18-13)17-12(4)10-9-11-20(7-2)8-3/h12,17H,6-11,16H2,1-5H3. The summed E-state index contributed by atoms with van der Waals surface area (Å²) in [6, 6.07) is 0.410. The summed E-state index contributed by atoms with van der Waals surface area (Å²) in [6.45, 7) is 12.2. The first-order valence-corrected chi connectivity index (χ1v) is 7.83. The predicted octanol–water partition coefficient (Wildman–Crippen LogP) is 2.49. The van der Waals surface area contributed by atoms with Gasteiger partial charge in [-0.25, -0.2) is 0 Å². The molecule has 1 atom stereocenters. The maximum Gasteiger partial charge on any atom is 0.147 e. The number of nitrogens with one attached hydrogen (secondary N) is 1. The molecule has 0 amide bonds. The molecule has 0 saturated heterocycles. The predicted molar refractivity (Wildman–Crippen MR) is 87.1 cm³/mol. The second-order valence-electron chi connectivity index (χ2n) is 5.40. The third kappa shape index (κ3) is 4.40. The van der Waals surface area contributed by atoms with Gasteiger partial charge in [0.2, 0.25) is 0 Å². The van der Waals surface area contributed by atoms with Crippen LogP contribution in [0.4, 0.5) is 11.5 Å². The summed E-state index contributed by atoms with van der Waals surface area (Å²) in [7, 11) is 1.94. The average Bonchev–Trinajstić information content (AvgIpc) is 2.71. The number of nitrogens with zero attached hydrogens (tertiary/aromatic N) is 3. The van der Waals surface area contributed by atoms with Gasteiger partial charge >= 0.3 is 0 Å². The molecular formula is C15H31N5. The molecular weight excluding hydrogens is 250 g/mol. The molecule has 0 aliphatic rings. The van der Waals surface area contributed by atoms with Gasteiger partial charge in [-0.1, -0.05) is 20.8 Å². The number of aromatic nitrogens is 2. The summed E-state index contributed by atoms with van der Waals surface area (Å²) in [4.78, 5) is 2.46. The Labute approximate surface area is 123 Å². The van der Waals surface area contributed by atoms with E-state index < -0.39 is 0 Å². The molecule has 1 aromatic heterocycles. The fraction of sp³-hybridized carbons (Fsp3) is 0.800. The second-order valence-corrected chi connectivity index (χ2v) is 5.40. The van der Waals surface area contributed by atoms with Crippen molar-refractivity contribution in [3.8, 4) is 0 Å². The number of aryl methyl sites for hydroxylation is 2. The Hall–Kier alpha value is -1.23. The van der Waals surface area contributed by atoms with Crippen LogP contribution in [-0.4, -0.2) is 40.4 Å². The van der Waals surface area contributed by atoms with Gasteiger partial charge in [-0.2, -0.15) is 5.10 Å². The van der Waals surface area contributed by atoms with Crippen LogP contribution in [0.2, 0.25) is 0 Å². The second kappa shape index (κ2) is 8.15. The van der Waals surface area contributed by atoms with Crippen molar-refractivity contribution in [1.82, 2.24) is 14.7 Å². The molecule has 0 aliphatic carbocycles. The van der Waals surface area contributed by atoms with Gasteiger partial charge in [0.15, 0.2) is 0 Å². The lowest BCUT2D eigenvalue weighted by Gasteiger charge is -2.20. The highest BCUT2D eigenvalue weighted by atomic mass is 15.3. The van der Waals surface area contributed by atoms with E-state index in [1.165, 1.54) is 13.0 Å². The summed E-state index contributed by atoms with van der Waals surface area (Å²) in [5.74, 6) is 0.956. The highest BCUT2D eigenvalue weighted by molar-refractivity contribution is 5.65. The SMILES string of the molecule is CCc1nn(C)c(NC(C)CCCN(CC)CC)c1N. The minimum atomic E-state index is 0.410. The van der Waals surface area contributed by atoms with E-state index in [4.69, 9.17) is 5.73 Å². The Bertz CT molecular complexity index is 395. The summed E-state index contributed by atoms with van der Waals surface area (Å²) < 4.78 is 1.86. The van der Waals surface area contributed by atoms with Crippen molar-refractivity contribution in [2.75, 3.05) is 30.7 Å². The van der Waals surface area contributed by atoms with Gasteiger partial charge in [0, 0.05) is 13.1 Å². The summed E-state index contributed by atoms with van der Waals surface area (Å²) in [5.41, 5.74) is 7.90. The van der Waals surface area contributed by atoms with Gasteiger partial charge in [-0.05, 0) is 45.8 Å². The van der Waals surface area contributed by atoms with Crippen LogP contribution in [-0.2, 0) is 13.5 Å². The summed E-state index contributed by atoms with van der Waals surface area (Å²) >= 11 is 0. The number of nitrogens with two attached hydrogens (primary N) is 1. The molecule has 20 heavy (non-hydrogen) atoms. The fourth-order valence-corrected chi connectivity index (χ4v) is 2.49. The van der Waals surface area contributed by atoms with Gasteiger partial charge < -0.3 is 16.0 Å². The van der Waals surface area contributed by atoms with Crippen LogP contribution in [0.15, 0.2) is 0 Å². The van der Waals surface area contributed by atoms with E-state index in [0.29, 0.717) is 6.04 Å². The molecule has 5 heteroatoms. The zero-order chi connectivity index (χ0) is 15.1. The summed E-state index contributed by atoms with van der Waals surface area (Å²) in [6.07, 6.45) is 3.22. The number of anilines is 2. The zero-order valence-electron chi connectivity index (χ0n) is 13.7. The molecule has 5 nitrogen and oxygen atoms in total. The van der Waals surface area contributed by atoms with Crippen molar-refractivity contribution >= 4 is 11.5 Å². The van der Waals surface area contributed by atoms with Gasteiger partial charge in [-0.15, -0.1) is 0 Å². The largest absolute Gasteiger partial charge is 0.394 e. The first-order valence-electron chi connectivity index (χ1n) is 7.83. The molecule has 0 aromatic carbocycles. The van der Waals surface area contributed by atoms with Crippen LogP contribution in [0.3, 0.4) is 0 Å². The number of nitrogen functional groups attached to an aromatic ring is 1. The van der Waals surface area contributed by atoms with E-state index in [-0.39, 0.29) is 0 Å². The minimum absolute atomic E-state index is 0.410. The molecule has 0 fully saturated rings. The molecule has 1 heterocycles. The van der Waals surface area contributed by atoms with Crippen molar-refractivity contribution in [1.29, 1.82) is 0 Å². The van der Waals surface area contributed by atoms with Crippen LogP contribution in [0.5, 0.6) is 0 Å². The Balaban J connectivity index is 2.46. The topological polar surface area (TPSA) is 59.1 Å². The maximum atomic E-state index is 6.13. The molecule has 0 aliphatic heterocycles. The lowest BCUT2D eigenvalue weighted by atomic mass is 10.1. The summed E-state index contributed by atoms with van der Waals surface area (Å²) in [5, 5.41) is 7.94. The highest BCUT2D eigenvalue weighted by Crippen LogP contribution is 2.23. The quantitative estimate of drug-likeness (QED) is 0.730. The van der Waals surface area contributed by atoms with Crippen molar-refractivity contribution in [2.24, 2.45) is 7.05 Å². The highest BCUT2D eigenvalue weighted by Gasteiger charge is 2.13. The number of rotatable bonds is 9. The van der Waals surface area contributed by atoms with Gasteiger partial charge in [-0.3, -0.25) is 4.68 Å². The maximum absolute atomic E-state index is 6.13. The number of hydrogen-bond acceptors (Lipinski definition) is 4. The van der Waals surface area contributed by atoms with Crippen LogP contribution in [0, 0.1) is 0 Å². The van der Waals surface area contributed by atoms with E-state index in [1.54, 1.807) is 0 Å². The van der Waals surface area contributed by atoms with E-state index in [2.05, 4.69) is 43.0 Å². The minimum Gasteiger partial charge on any atom is -0.394 e. The first-order chi connectivity index (χ1) is 9.53. The van der Waals surface area contributed by atoms with Crippen molar-refractivity contribution < 1.29 is 0 Å². The molecule has 1 unspecified atom stereocenters. The lowest BCUT2D eigenvalue weighted by Crippen LogP contribution is -2.26. The van der Waals surface area contributed by atoms with Crippen LogP contribution < -0.4 is 11.1 Å². The van der Waals surface area contributed by atoms with Gasteiger partial charge in [0.25, 0.3) is 0 Å². The van der Waals surface area contributed by atoms with Gasteiger partial charge in [0.1, 0.15) is 5.82 Å². The molecule has 116 valence electrons. The van der Waals surface area contributed by atoms with Crippen LogP contribution in [0.25, 0.3) is 0 Å². The third-order valence-electron chi connectivity index (χ3n) is 3.88. The lowest BCUT2D eigenvalue weighted by molar-refractivity contribution is 0.295. The Morgan fingerprint density at radius 3 is 2.45 bits per heavy atom. The molecule has 3 N–H and O–H groups in total. The fourth-order valence-electron chi connectivity index (χ4n) is 2.49. The first kappa shape index (κ1) is 16.8. The van der Waals surface area contributed by atoms with Crippen LogP contribution >= 0.6 is 0 Å². The van der Waals surface area contributed by atoms with Gasteiger partial charge in [0.05, 0.1) is 11.4 Å². The smallest absolute Gasteiger partial charge is 0.147 e. The zero-order valence-corrected chi connectivity index (χ0v) is 13.7. The van der Waals surface area contributed by atoms with E-state index in [0.717, 1.165) is 43.1 Å². The van der Waals surface area contributed by atoms with Crippen molar-refractivity contribution in [3.63, 3.8) is 0 Å². The van der Waals surface area contributed by atoms with Crippen LogP contribution in [0.1, 0.15) is 46.2 Å². The monoisotopic (exact) mass is 281 g/mol. The number of hydrogen-bond donors (Lipinski definition) is 2.